The number of hydrogen-bond donors (Lipinski definition) is 1. The van der Waals surface area contributed by atoms with Crippen molar-refractivity contribution in [3.05, 3.63) is 18.7 Å². The van der Waals surface area contributed by atoms with Crippen LogP contribution < -0.4 is 5.32 Å². The van der Waals surface area contributed by atoms with Crippen molar-refractivity contribution in [2.45, 2.75) is 53.1 Å². The third-order valence-electron chi connectivity index (χ3n) is 2.87. The summed E-state index contributed by atoms with van der Waals surface area (Å²) in [5.41, 5.74) is 0. The molecule has 0 atom stereocenters. The van der Waals surface area contributed by atoms with Crippen molar-refractivity contribution in [1.29, 1.82) is 0 Å². The van der Waals surface area contributed by atoms with Crippen molar-refractivity contribution in [2.24, 2.45) is 11.8 Å². The van der Waals surface area contributed by atoms with Crippen LogP contribution in [0.4, 0.5) is 0 Å². The maximum absolute atomic E-state index is 4.05. The van der Waals surface area contributed by atoms with Crippen LogP contribution in [0.25, 0.3) is 0 Å². The molecule has 1 rings (SSSR count). The van der Waals surface area contributed by atoms with Crippen molar-refractivity contribution in [2.75, 3.05) is 6.54 Å². The highest BCUT2D eigenvalue weighted by Crippen LogP contribution is 2.13. The van der Waals surface area contributed by atoms with Crippen LogP contribution in [0.3, 0.4) is 0 Å². The van der Waals surface area contributed by atoms with Gasteiger partial charge in [-0.1, -0.05) is 27.7 Å². The molecule has 0 saturated heterocycles. The largest absolute Gasteiger partial charge is 0.336 e. The fraction of sp³-hybridized carbons (Fsp3) is 0.786. The molecule has 0 amide bonds. The summed E-state index contributed by atoms with van der Waals surface area (Å²) in [6, 6.07) is 0.651. The van der Waals surface area contributed by atoms with E-state index in [1.165, 1.54) is 12.8 Å². The summed E-state index contributed by atoms with van der Waals surface area (Å²) in [7, 11) is 0. The molecule has 98 valence electrons. The second kappa shape index (κ2) is 7.49. The Kier molecular flexibility index (Phi) is 6.27. The first-order valence-electron chi connectivity index (χ1n) is 6.77. The van der Waals surface area contributed by atoms with Crippen LogP contribution in [0.1, 0.15) is 40.5 Å². The van der Waals surface area contributed by atoms with E-state index in [4.69, 9.17) is 0 Å². The van der Waals surface area contributed by atoms with Gasteiger partial charge < -0.3 is 9.88 Å². The van der Waals surface area contributed by atoms with E-state index >= 15 is 0 Å². The van der Waals surface area contributed by atoms with Gasteiger partial charge in [-0.3, -0.25) is 0 Å². The third-order valence-corrected chi connectivity index (χ3v) is 2.87. The Morgan fingerprint density at radius 3 is 2.24 bits per heavy atom. The SMILES string of the molecule is CC(C)CC(CC(C)C)NCCn1ccnc1. The van der Waals surface area contributed by atoms with Gasteiger partial charge in [-0.25, -0.2) is 4.98 Å². The number of hydrogen-bond acceptors (Lipinski definition) is 2. The number of nitrogens with one attached hydrogen (secondary N) is 1. The summed E-state index contributed by atoms with van der Waals surface area (Å²) in [6.07, 6.45) is 8.26. The maximum Gasteiger partial charge on any atom is 0.0946 e. The molecule has 17 heavy (non-hydrogen) atoms. The van der Waals surface area contributed by atoms with Crippen molar-refractivity contribution in [3.63, 3.8) is 0 Å². The summed E-state index contributed by atoms with van der Waals surface area (Å²) >= 11 is 0. The lowest BCUT2D eigenvalue weighted by molar-refractivity contribution is 0.355. The van der Waals surface area contributed by atoms with Crippen molar-refractivity contribution in [3.8, 4) is 0 Å². The molecule has 1 heterocycles. The van der Waals surface area contributed by atoms with E-state index in [-0.39, 0.29) is 0 Å². The molecule has 0 saturated carbocycles. The molecule has 3 heteroatoms. The Morgan fingerprint density at radius 1 is 1.12 bits per heavy atom. The molecule has 0 aliphatic heterocycles. The number of imidazole rings is 1. The zero-order valence-corrected chi connectivity index (χ0v) is 11.7. The lowest BCUT2D eigenvalue weighted by Gasteiger charge is -2.22. The predicted octanol–water partition coefficient (Wildman–Crippen LogP) is 2.93. The minimum atomic E-state index is 0.651. The first-order chi connectivity index (χ1) is 8.08. The van der Waals surface area contributed by atoms with Gasteiger partial charge in [-0.15, -0.1) is 0 Å². The van der Waals surface area contributed by atoms with E-state index in [0.29, 0.717) is 6.04 Å². The topological polar surface area (TPSA) is 29.9 Å². The Hall–Kier alpha value is -0.830. The fourth-order valence-corrected chi connectivity index (χ4v) is 2.22. The molecule has 0 aliphatic carbocycles. The van der Waals surface area contributed by atoms with E-state index in [1.54, 1.807) is 0 Å². The van der Waals surface area contributed by atoms with Crippen LogP contribution in [-0.2, 0) is 6.54 Å². The van der Waals surface area contributed by atoms with Crippen molar-refractivity contribution < 1.29 is 0 Å². The summed E-state index contributed by atoms with van der Waals surface area (Å²) in [6.45, 7) is 11.2. The van der Waals surface area contributed by atoms with E-state index in [0.717, 1.165) is 24.9 Å². The van der Waals surface area contributed by atoms with Crippen molar-refractivity contribution >= 4 is 0 Å². The number of aromatic nitrogens is 2. The van der Waals surface area contributed by atoms with Crippen LogP contribution in [0.5, 0.6) is 0 Å². The molecule has 0 aromatic carbocycles. The van der Waals surface area contributed by atoms with Gasteiger partial charge in [-0.2, -0.15) is 0 Å². The zero-order valence-electron chi connectivity index (χ0n) is 11.7. The van der Waals surface area contributed by atoms with Crippen LogP contribution in [0.15, 0.2) is 18.7 Å². The van der Waals surface area contributed by atoms with Gasteiger partial charge >= 0.3 is 0 Å². The zero-order chi connectivity index (χ0) is 12.7. The lowest BCUT2D eigenvalue weighted by atomic mass is 9.96. The van der Waals surface area contributed by atoms with Gasteiger partial charge in [0.15, 0.2) is 0 Å². The number of nitrogens with zero attached hydrogens (tertiary/aromatic N) is 2. The summed E-state index contributed by atoms with van der Waals surface area (Å²) < 4.78 is 2.12. The summed E-state index contributed by atoms with van der Waals surface area (Å²) in [5.74, 6) is 1.53. The molecular weight excluding hydrogens is 210 g/mol. The molecule has 0 bridgehead atoms. The Morgan fingerprint density at radius 2 is 1.76 bits per heavy atom. The van der Waals surface area contributed by atoms with Crippen LogP contribution in [0, 0.1) is 11.8 Å². The molecule has 0 spiro atoms. The smallest absolute Gasteiger partial charge is 0.0946 e. The lowest BCUT2D eigenvalue weighted by Crippen LogP contribution is -2.34. The highest BCUT2D eigenvalue weighted by atomic mass is 15.0. The monoisotopic (exact) mass is 237 g/mol. The molecular formula is C14H27N3. The second-order valence-electron chi connectivity index (χ2n) is 5.71. The van der Waals surface area contributed by atoms with Crippen LogP contribution in [-0.4, -0.2) is 22.1 Å². The fourth-order valence-electron chi connectivity index (χ4n) is 2.22. The third kappa shape index (κ3) is 6.47. The molecule has 0 radical (unpaired) electrons. The normalized spacial score (nSPS) is 11.9. The Labute approximate surface area is 106 Å². The average molecular weight is 237 g/mol. The van der Waals surface area contributed by atoms with Gasteiger partial charge in [0.2, 0.25) is 0 Å². The molecule has 3 nitrogen and oxygen atoms in total. The van der Waals surface area contributed by atoms with Crippen molar-refractivity contribution in [1.82, 2.24) is 14.9 Å². The Balaban J connectivity index is 2.27. The quantitative estimate of drug-likeness (QED) is 0.753. The summed E-state index contributed by atoms with van der Waals surface area (Å²) in [5, 5.41) is 3.67. The van der Waals surface area contributed by atoms with Crippen LogP contribution in [0.2, 0.25) is 0 Å². The molecule has 1 aromatic heterocycles. The first-order valence-corrected chi connectivity index (χ1v) is 6.77. The Bertz CT molecular complexity index is 268. The van der Waals surface area contributed by atoms with E-state index in [9.17, 15) is 0 Å². The highest BCUT2D eigenvalue weighted by molar-refractivity contribution is 4.75. The number of rotatable bonds is 8. The highest BCUT2D eigenvalue weighted by Gasteiger charge is 2.11. The molecule has 0 fully saturated rings. The van der Waals surface area contributed by atoms with Gasteiger partial charge in [-0.05, 0) is 24.7 Å². The van der Waals surface area contributed by atoms with E-state index in [1.807, 2.05) is 18.7 Å². The minimum absolute atomic E-state index is 0.651. The maximum atomic E-state index is 4.05. The predicted molar refractivity (Wildman–Crippen MR) is 72.9 cm³/mol. The minimum Gasteiger partial charge on any atom is -0.336 e. The molecule has 1 aromatic rings. The van der Waals surface area contributed by atoms with Crippen LogP contribution >= 0.6 is 0 Å². The second-order valence-corrected chi connectivity index (χ2v) is 5.71. The van der Waals surface area contributed by atoms with Gasteiger partial charge in [0.25, 0.3) is 0 Å². The van der Waals surface area contributed by atoms with E-state index in [2.05, 4.69) is 42.6 Å². The molecule has 1 N–H and O–H groups in total. The van der Waals surface area contributed by atoms with E-state index < -0.39 is 0 Å². The molecule has 0 unspecified atom stereocenters. The first kappa shape index (κ1) is 14.2. The average Bonchev–Trinajstić information content (AvgIpc) is 2.68. The van der Waals surface area contributed by atoms with Gasteiger partial charge in [0, 0.05) is 31.5 Å². The molecule has 0 aliphatic rings. The standard InChI is InChI=1S/C14H27N3/c1-12(2)9-14(10-13(3)4)16-6-8-17-7-5-15-11-17/h5,7,11-14,16H,6,8-10H2,1-4H3. The van der Waals surface area contributed by atoms with Gasteiger partial charge in [0.05, 0.1) is 6.33 Å². The summed E-state index contributed by atoms with van der Waals surface area (Å²) in [4.78, 5) is 4.05. The van der Waals surface area contributed by atoms with Gasteiger partial charge in [0.1, 0.15) is 0 Å².